The maximum Gasteiger partial charge on any atom is 0.280 e. The number of H-pyrrole nitrogens is 1. The van der Waals surface area contributed by atoms with Gasteiger partial charge in [0, 0.05) is 40.4 Å². The second kappa shape index (κ2) is 10.5. The molecule has 0 aliphatic heterocycles. The van der Waals surface area contributed by atoms with Crippen LogP contribution in [0.4, 0.5) is 0 Å². The fourth-order valence-electron chi connectivity index (χ4n) is 4.18. The van der Waals surface area contributed by atoms with Gasteiger partial charge >= 0.3 is 0 Å². The summed E-state index contributed by atoms with van der Waals surface area (Å²) < 4.78 is 0. The average molecular weight is 516 g/mol. The van der Waals surface area contributed by atoms with E-state index in [1.165, 1.54) is 11.3 Å². The zero-order valence-corrected chi connectivity index (χ0v) is 20.5. The highest BCUT2D eigenvalue weighted by molar-refractivity contribution is 7.16. The second-order valence-corrected chi connectivity index (χ2v) is 9.57. The molecule has 1 aromatic carbocycles. The van der Waals surface area contributed by atoms with Crippen LogP contribution in [0.5, 0.6) is 0 Å². The standard InChI is InChI=1S/C24H22ClN5O2S.ClH/c25-15-8-9-16-14(11-15)12-20(28-16)22(31)29-17-5-1-2-6-18(17)30-23(32)24-27-13-21(33-24)19-7-3-4-10-26-19;/h3-4,7-13,17-18,28H,1-2,5-6H2,(H,29,31)(H,30,32);1H/t17-,18-;/m1./s1. The normalized spacial score (nSPS) is 17.7. The lowest BCUT2D eigenvalue weighted by atomic mass is 9.90. The molecule has 7 nitrogen and oxygen atoms in total. The summed E-state index contributed by atoms with van der Waals surface area (Å²) >= 11 is 7.36. The van der Waals surface area contributed by atoms with E-state index in [0.717, 1.165) is 47.2 Å². The molecule has 1 aliphatic carbocycles. The summed E-state index contributed by atoms with van der Waals surface area (Å²) in [5.41, 5.74) is 2.12. The third kappa shape index (κ3) is 5.24. The van der Waals surface area contributed by atoms with Crippen LogP contribution < -0.4 is 10.6 Å². The molecule has 0 radical (unpaired) electrons. The third-order valence-electron chi connectivity index (χ3n) is 5.84. The first kappa shape index (κ1) is 24.2. The summed E-state index contributed by atoms with van der Waals surface area (Å²) in [6, 6.07) is 12.6. The maximum absolute atomic E-state index is 12.9. The van der Waals surface area contributed by atoms with Crippen molar-refractivity contribution in [3.05, 3.63) is 70.6 Å². The molecule has 0 spiro atoms. The van der Waals surface area contributed by atoms with Crippen molar-refractivity contribution in [2.75, 3.05) is 0 Å². The van der Waals surface area contributed by atoms with Crippen LogP contribution >= 0.6 is 35.3 Å². The monoisotopic (exact) mass is 515 g/mol. The smallest absolute Gasteiger partial charge is 0.280 e. The first-order valence-electron chi connectivity index (χ1n) is 10.8. The Morgan fingerprint density at radius 2 is 1.76 bits per heavy atom. The van der Waals surface area contributed by atoms with Gasteiger partial charge in [-0.1, -0.05) is 30.5 Å². The Morgan fingerprint density at radius 3 is 2.50 bits per heavy atom. The van der Waals surface area contributed by atoms with Gasteiger partial charge < -0.3 is 15.6 Å². The van der Waals surface area contributed by atoms with Gasteiger partial charge in [0.2, 0.25) is 0 Å². The number of halogens is 2. The highest BCUT2D eigenvalue weighted by Gasteiger charge is 2.29. The Morgan fingerprint density at radius 1 is 1.00 bits per heavy atom. The van der Waals surface area contributed by atoms with Crippen molar-refractivity contribution >= 4 is 58.1 Å². The number of amides is 2. The number of hydrogen-bond donors (Lipinski definition) is 3. The van der Waals surface area contributed by atoms with E-state index in [0.29, 0.717) is 15.7 Å². The van der Waals surface area contributed by atoms with Crippen LogP contribution in [0, 0.1) is 0 Å². The van der Waals surface area contributed by atoms with Crippen molar-refractivity contribution in [3.63, 3.8) is 0 Å². The van der Waals surface area contributed by atoms with E-state index in [2.05, 4.69) is 25.6 Å². The van der Waals surface area contributed by atoms with Crippen LogP contribution in [-0.2, 0) is 0 Å². The largest absolute Gasteiger partial charge is 0.351 e. The van der Waals surface area contributed by atoms with E-state index in [1.807, 2.05) is 30.3 Å². The topological polar surface area (TPSA) is 99.8 Å². The fourth-order valence-corrected chi connectivity index (χ4v) is 5.16. The minimum Gasteiger partial charge on any atom is -0.351 e. The van der Waals surface area contributed by atoms with Gasteiger partial charge in [0.05, 0.1) is 10.6 Å². The number of carbonyl (C=O) groups excluding carboxylic acids is 2. The molecule has 0 saturated heterocycles. The molecule has 34 heavy (non-hydrogen) atoms. The van der Waals surface area contributed by atoms with Gasteiger partial charge in [-0.15, -0.1) is 23.7 Å². The van der Waals surface area contributed by atoms with Gasteiger partial charge in [0.25, 0.3) is 11.8 Å². The molecule has 3 aromatic heterocycles. The van der Waals surface area contributed by atoms with Crippen LogP contribution in [0.2, 0.25) is 5.02 Å². The van der Waals surface area contributed by atoms with E-state index < -0.39 is 0 Å². The zero-order valence-electron chi connectivity index (χ0n) is 18.1. The number of benzene rings is 1. The Bertz CT molecular complexity index is 1310. The Balaban J connectivity index is 0.00000274. The molecule has 3 N–H and O–H groups in total. The molecule has 1 aliphatic rings. The lowest BCUT2D eigenvalue weighted by Crippen LogP contribution is -2.53. The van der Waals surface area contributed by atoms with E-state index in [-0.39, 0.29) is 36.3 Å². The minimum atomic E-state index is -0.228. The quantitative estimate of drug-likeness (QED) is 0.338. The van der Waals surface area contributed by atoms with Gasteiger partial charge in [-0.25, -0.2) is 4.98 Å². The number of pyridine rings is 1. The van der Waals surface area contributed by atoms with E-state index in [4.69, 9.17) is 11.6 Å². The lowest BCUT2D eigenvalue weighted by Gasteiger charge is -2.32. The number of hydrogen-bond acceptors (Lipinski definition) is 5. The van der Waals surface area contributed by atoms with Crippen molar-refractivity contribution < 1.29 is 9.59 Å². The predicted molar refractivity (Wildman–Crippen MR) is 137 cm³/mol. The predicted octanol–water partition coefficient (Wildman–Crippen LogP) is 5.23. The minimum absolute atomic E-state index is 0. The molecule has 0 bridgehead atoms. The van der Waals surface area contributed by atoms with Crippen LogP contribution in [0.1, 0.15) is 46.0 Å². The van der Waals surface area contributed by atoms with Crippen LogP contribution in [0.15, 0.2) is 54.9 Å². The van der Waals surface area contributed by atoms with E-state index in [9.17, 15) is 9.59 Å². The molecular weight excluding hydrogens is 493 g/mol. The lowest BCUT2D eigenvalue weighted by molar-refractivity contribution is 0.0860. The summed E-state index contributed by atoms with van der Waals surface area (Å²) in [4.78, 5) is 38.4. The van der Waals surface area contributed by atoms with E-state index >= 15 is 0 Å². The molecule has 4 aromatic rings. The summed E-state index contributed by atoms with van der Waals surface area (Å²) in [6.45, 7) is 0. The SMILES string of the molecule is Cl.O=C(N[C@@H]1CCCC[C@H]1NC(=O)c1ncc(-c2ccccn2)s1)c1cc2cc(Cl)ccc2[nH]1. The first-order valence-corrected chi connectivity index (χ1v) is 12.0. The molecule has 3 heterocycles. The Labute approximate surface area is 211 Å². The summed E-state index contributed by atoms with van der Waals surface area (Å²) in [6.07, 6.45) is 6.99. The number of thiazole rings is 1. The number of aromatic nitrogens is 3. The second-order valence-electron chi connectivity index (χ2n) is 8.10. The highest BCUT2D eigenvalue weighted by Crippen LogP contribution is 2.25. The van der Waals surface area contributed by atoms with Crippen molar-refractivity contribution in [3.8, 4) is 10.6 Å². The summed E-state index contributed by atoms with van der Waals surface area (Å²) in [5, 5.41) is 8.08. The number of carbonyl (C=O) groups is 2. The Kier molecular flexibility index (Phi) is 7.50. The Hall–Kier alpha value is -2.94. The number of nitrogens with one attached hydrogen (secondary N) is 3. The molecule has 5 rings (SSSR count). The van der Waals surface area contributed by atoms with Crippen molar-refractivity contribution in [2.45, 2.75) is 37.8 Å². The molecular formula is C24H23Cl2N5O2S. The number of rotatable bonds is 5. The molecule has 2 atom stereocenters. The van der Waals surface area contributed by atoms with Crippen molar-refractivity contribution in [1.82, 2.24) is 25.6 Å². The number of aromatic amines is 1. The third-order valence-corrected chi connectivity index (χ3v) is 7.10. The molecule has 10 heteroatoms. The van der Waals surface area contributed by atoms with Gasteiger partial charge in [-0.3, -0.25) is 14.6 Å². The molecule has 1 fully saturated rings. The van der Waals surface area contributed by atoms with Crippen molar-refractivity contribution in [1.29, 1.82) is 0 Å². The van der Waals surface area contributed by atoms with Crippen LogP contribution in [0.3, 0.4) is 0 Å². The molecule has 1 saturated carbocycles. The van der Waals surface area contributed by atoms with Crippen LogP contribution in [-0.4, -0.2) is 38.8 Å². The molecule has 2 amide bonds. The zero-order chi connectivity index (χ0) is 22.8. The maximum atomic E-state index is 12.9. The molecule has 176 valence electrons. The van der Waals surface area contributed by atoms with Gasteiger partial charge in [-0.05, 0) is 49.2 Å². The van der Waals surface area contributed by atoms with Gasteiger partial charge in [0.15, 0.2) is 5.01 Å². The van der Waals surface area contributed by atoms with Crippen LogP contribution in [0.25, 0.3) is 21.5 Å². The molecule has 0 unspecified atom stereocenters. The number of fused-ring (bicyclic) bond motifs is 1. The first-order chi connectivity index (χ1) is 16.1. The van der Waals surface area contributed by atoms with Gasteiger partial charge in [-0.2, -0.15) is 0 Å². The summed E-state index contributed by atoms with van der Waals surface area (Å²) in [7, 11) is 0. The average Bonchev–Trinajstić information content (AvgIpc) is 3.48. The summed E-state index contributed by atoms with van der Waals surface area (Å²) in [5.74, 6) is -0.422. The van der Waals surface area contributed by atoms with Crippen molar-refractivity contribution in [2.24, 2.45) is 0 Å². The van der Waals surface area contributed by atoms with Gasteiger partial charge in [0.1, 0.15) is 5.69 Å². The number of nitrogens with zero attached hydrogens (tertiary/aromatic N) is 2. The highest BCUT2D eigenvalue weighted by atomic mass is 35.5. The fraction of sp³-hybridized carbons (Fsp3) is 0.250. The van der Waals surface area contributed by atoms with E-state index in [1.54, 1.807) is 24.5 Å².